The Morgan fingerprint density at radius 2 is 1.95 bits per heavy atom. The molecule has 0 aromatic carbocycles. The average molecular weight is 286 g/mol. The lowest BCUT2D eigenvalue weighted by molar-refractivity contribution is 0.232. The topological polar surface area (TPSA) is 47.0 Å². The van der Waals surface area contributed by atoms with Gasteiger partial charge in [-0.05, 0) is 33.1 Å². The molecule has 1 unspecified atom stereocenters. The van der Waals surface area contributed by atoms with E-state index in [0.717, 1.165) is 12.1 Å². The largest absolute Gasteiger partial charge is 0.475 e. The molecule has 4 nitrogen and oxygen atoms in total. The maximum Gasteiger partial charge on any atom is 0.226 e. The lowest BCUT2D eigenvalue weighted by Crippen LogP contribution is -2.27. The van der Waals surface area contributed by atoms with Crippen LogP contribution in [0.5, 0.6) is 5.88 Å². The fraction of sp³-hybridized carbons (Fsp3) is 0.714. The number of ether oxygens (including phenoxy) is 1. The van der Waals surface area contributed by atoms with Crippen LogP contribution in [0.25, 0.3) is 0 Å². The molecule has 0 radical (unpaired) electrons. The van der Waals surface area contributed by atoms with Gasteiger partial charge in [0.1, 0.15) is 0 Å². The van der Waals surface area contributed by atoms with Gasteiger partial charge in [0.25, 0.3) is 0 Å². The lowest BCUT2D eigenvalue weighted by atomic mass is 10.0. The monoisotopic (exact) mass is 285 g/mol. The lowest BCUT2D eigenvalue weighted by Gasteiger charge is -2.22. The second-order valence-corrected chi connectivity index (χ2v) is 5.69. The standard InChI is InChI=1S/C14H24ClN3O/c1-9(2)12(6-7-15)17-14-16-11(5)8-13(18-14)19-10(3)4/h8-10,12H,6-7H2,1-5H3,(H,16,17,18). The molecule has 0 aliphatic carbocycles. The Kier molecular flexibility index (Phi) is 6.35. The third-order valence-corrected chi connectivity index (χ3v) is 2.94. The zero-order valence-corrected chi connectivity index (χ0v) is 13.2. The van der Waals surface area contributed by atoms with Gasteiger partial charge in [0.15, 0.2) is 0 Å². The van der Waals surface area contributed by atoms with Crippen LogP contribution < -0.4 is 10.1 Å². The van der Waals surface area contributed by atoms with Gasteiger partial charge in [-0.3, -0.25) is 0 Å². The molecule has 1 rings (SSSR count). The second-order valence-electron chi connectivity index (χ2n) is 5.31. The molecule has 1 N–H and O–H groups in total. The zero-order valence-electron chi connectivity index (χ0n) is 12.4. The molecule has 0 saturated heterocycles. The number of nitrogens with one attached hydrogen (secondary N) is 1. The number of anilines is 1. The van der Waals surface area contributed by atoms with E-state index < -0.39 is 0 Å². The Labute approximate surface area is 120 Å². The maximum atomic E-state index is 5.83. The van der Waals surface area contributed by atoms with Crippen LogP contribution in [0.4, 0.5) is 5.95 Å². The molecule has 108 valence electrons. The van der Waals surface area contributed by atoms with Crippen molar-refractivity contribution in [1.82, 2.24) is 9.97 Å². The van der Waals surface area contributed by atoms with E-state index in [1.165, 1.54) is 0 Å². The number of rotatable bonds is 7. The van der Waals surface area contributed by atoms with Crippen molar-refractivity contribution < 1.29 is 4.74 Å². The zero-order chi connectivity index (χ0) is 14.4. The summed E-state index contributed by atoms with van der Waals surface area (Å²) in [7, 11) is 0. The summed E-state index contributed by atoms with van der Waals surface area (Å²) in [6, 6.07) is 2.11. The van der Waals surface area contributed by atoms with Crippen LogP contribution in [0, 0.1) is 12.8 Å². The molecule has 0 bridgehead atoms. The number of aromatic nitrogens is 2. The third kappa shape index (κ3) is 5.64. The molecule has 0 aliphatic rings. The van der Waals surface area contributed by atoms with Crippen molar-refractivity contribution in [2.45, 2.75) is 53.2 Å². The first-order valence-electron chi connectivity index (χ1n) is 6.77. The van der Waals surface area contributed by atoms with Crippen LogP contribution in [-0.4, -0.2) is 28.0 Å². The van der Waals surface area contributed by atoms with E-state index in [4.69, 9.17) is 16.3 Å². The fourth-order valence-electron chi connectivity index (χ4n) is 1.76. The number of halogens is 1. The van der Waals surface area contributed by atoms with Gasteiger partial charge in [-0.15, -0.1) is 11.6 Å². The van der Waals surface area contributed by atoms with Crippen LogP contribution in [-0.2, 0) is 0 Å². The molecule has 0 saturated carbocycles. The van der Waals surface area contributed by atoms with Crippen molar-refractivity contribution >= 4 is 17.5 Å². The first-order chi connectivity index (χ1) is 8.92. The quantitative estimate of drug-likeness (QED) is 0.777. The second kappa shape index (κ2) is 7.53. The summed E-state index contributed by atoms with van der Waals surface area (Å²) in [5.41, 5.74) is 0.890. The van der Waals surface area contributed by atoms with Crippen molar-refractivity contribution in [3.63, 3.8) is 0 Å². The maximum absolute atomic E-state index is 5.83. The number of hydrogen-bond acceptors (Lipinski definition) is 4. The Morgan fingerprint density at radius 3 is 2.47 bits per heavy atom. The average Bonchev–Trinajstić information content (AvgIpc) is 2.26. The third-order valence-electron chi connectivity index (χ3n) is 2.73. The molecule has 0 aliphatic heterocycles. The molecule has 1 aromatic heterocycles. The van der Waals surface area contributed by atoms with Crippen molar-refractivity contribution in [3.05, 3.63) is 11.8 Å². The van der Waals surface area contributed by atoms with Crippen molar-refractivity contribution in [1.29, 1.82) is 0 Å². The Morgan fingerprint density at radius 1 is 1.26 bits per heavy atom. The summed E-state index contributed by atoms with van der Waals surface area (Å²) in [4.78, 5) is 8.79. The van der Waals surface area contributed by atoms with Crippen LogP contribution in [0.3, 0.4) is 0 Å². The van der Waals surface area contributed by atoms with Crippen LogP contribution in [0.1, 0.15) is 39.8 Å². The van der Waals surface area contributed by atoms with Gasteiger partial charge in [-0.2, -0.15) is 4.98 Å². The van der Waals surface area contributed by atoms with E-state index >= 15 is 0 Å². The van der Waals surface area contributed by atoms with Crippen molar-refractivity contribution in [2.24, 2.45) is 5.92 Å². The van der Waals surface area contributed by atoms with Crippen LogP contribution in [0.2, 0.25) is 0 Å². The number of alkyl halides is 1. The summed E-state index contributed by atoms with van der Waals surface area (Å²) in [6.07, 6.45) is 0.988. The molecule has 0 fully saturated rings. The van der Waals surface area contributed by atoms with Gasteiger partial charge in [0, 0.05) is 23.7 Å². The van der Waals surface area contributed by atoms with Crippen LogP contribution in [0.15, 0.2) is 6.07 Å². The molecule has 5 heteroatoms. The molecule has 1 heterocycles. The number of hydrogen-bond donors (Lipinski definition) is 1. The summed E-state index contributed by atoms with van der Waals surface area (Å²) in [5, 5.41) is 3.35. The molecular weight excluding hydrogens is 262 g/mol. The Balaban J connectivity index is 2.84. The van der Waals surface area contributed by atoms with Crippen molar-refractivity contribution in [2.75, 3.05) is 11.2 Å². The minimum absolute atomic E-state index is 0.103. The van der Waals surface area contributed by atoms with Gasteiger partial charge in [0.2, 0.25) is 11.8 Å². The Hall–Kier alpha value is -1.03. The minimum atomic E-state index is 0.103. The first-order valence-corrected chi connectivity index (χ1v) is 7.30. The van der Waals surface area contributed by atoms with E-state index in [-0.39, 0.29) is 12.1 Å². The summed E-state index contributed by atoms with van der Waals surface area (Å²) in [5.74, 6) is 2.31. The van der Waals surface area contributed by atoms with Gasteiger partial charge < -0.3 is 10.1 Å². The minimum Gasteiger partial charge on any atom is -0.475 e. The molecule has 1 atom stereocenters. The van der Waals surface area contributed by atoms with Crippen molar-refractivity contribution in [3.8, 4) is 5.88 Å². The molecule has 0 spiro atoms. The highest BCUT2D eigenvalue weighted by Crippen LogP contribution is 2.17. The highest BCUT2D eigenvalue weighted by Gasteiger charge is 2.14. The molecular formula is C14H24ClN3O. The Bertz CT molecular complexity index is 396. The molecule has 0 amide bonds. The predicted molar refractivity (Wildman–Crippen MR) is 80.1 cm³/mol. The van der Waals surface area contributed by atoms with E-state index in [0.29, 0.717) is 23.6 Å². The van der Waals surface area contributed by atoms with Gasteiger partial charge >= 0.3 is 0 Å². The van der Waals surface area contributed by atoms with Gasteiger partial charge in [-0.25, -0.2) is 4.98 Å². The molecule has 19 heavy (non-hydrogen) atoms. The SMILES string of the molecule is Cc1cc(OC(C)C)nc(NC(CCCl)C(C)C)n1. The molecule has 1 aromatic rings. The van der Waals surface area contributed by atoms with E-state index in [2.05, 4.69) is 29.1 Å². The van der Waals surface area contributed by atoms with E-state index in [1.807, 2.05) is 26.8 Å². The smallest absolute Gasteiger partial charge is 0.226 e. The van der Waals surface area contributed by atoms with E-state index in [1.54, 1.807) is 0 Å². The van der Waals surface area contributed by atoms with E-state index in [9.17, 15) is 0 Å². The number of aryl methyl sites for hydroxylation is 1. The summed E-state index contributed by atoms with van der Waals surface area (Å²) >= 11 is 5.83. The highest BCUT2D eigenvalue weighted by atomic mass is 35.5. The summed E-state index contributed by atoms with van der Waals surface area (Å²) in [6.45, 7) is 10.2. The number of nitrogens with zero attached hydrogens (tertiary/aromatic N) is 2. The fourth-order valence-corrected chi connectivity index (χ4v) is 2.00. The predicted octanol–water partition coefficient (Wildman–Crippen LogP) is 3.64. The van der Waals surface area contributed by atoms with Gasteiger partial charge in [-0.1, -0.05) is 13.8 Å². The highest BCUT2D eigenvalue weighted by molar-refractivity contribution is 6.17. The first kappa shape index (κ1) is 16.0. The van der Waals surface area contributed by atoms with Crippen LogP contribution >= 0.6 is 11.6 Å². The normalized spacial score (nSPS) is 12.8. The summed E-state index contributed by atoms with van der Waals surface area (Å²) < 4.78 is 5.62. The van der Waals surface area contributed by atoms with Gasteiger partial charge in [0.05, 0.1) is 6.10 Å².